The number of ether oxygens (including phenoxy) is 2. The van der Waals surface area contributed by atoms with Crippen LogP contribution in [0.5, 0.6) is 11.5 Å². The van der Waals surface area contributed by atoms with Crippen LogP contribution in [0.2, 0.25) is 0 Å². The number of hydrogen-bond donors (Lipinski definition) is 1. The molecule has 0 radical (unpaired) electrons. The Kier molecular flexibility index (Phi) is 5.27. The molecule has 1 saturated carbocycles. The van der Waals surface area contributed by atoms with Crippen LogP contribution in [0, 0.1) is 5.41 Å². The number of hydrogen-bond acceptors (Lipinski definition) is 5. The Balaban J connectivity index is 1.51. The van der Waals surface area contributed by atoms with E-state index in [1.54, 1.807) is 24.3 Å². The summed E-state index contributed by atoms with van der Waals surface area (Å²) >= 11 is 0. The number of rotatable bonds is 7. The van der Waals surface area contributed by atoms with Crippen molar-refractivity contribution in [2.45, 2.75) is 45.1 Å². The highest BCUT2D eigenvalue weighted by Gasteiger charge is 2.52. The van der Waals surface area contributed by atoms with Gasteiger partial charge in [-0.2, -0.15) is 0 Å². The first-order valence-electron chi connectivity index (χ1n) is 8.92. The van der Waals surface area contributed by atoms with Crippen molar-refractivity contribution in [3.8, 4) is 11.5 Å². The molecule has 1 aromatic carbocycles. The summed E-state index contributed by atoms with van der Waals surface area (Å²) in [6, 6.07) is 7.11. The van der Waals surface area contributed by atoms with Gasteiger partial charge in [-0.3, -0.25) is 14.5 Å². The molecule has 2 aliphatic rings. The third kappa shape index (κ3) is 3.79. The number of aliphatic hydroxyl groups excluding tert-OH is 1. The van der Waals surface area contributed by atoms with Crippen molar-refractivity contribution in [3.05, 3.63) is 24.3 Å². The summed E-state index contributed by atoms with van der Waals surface area (Å²) in [5.41, 5.74) is -0.493. The highest BCUT2D eigenvalue weighted by atomic mass is 16.5. The summed E-state index contributed by atoms with van der Waals surface area (Å²) in [6.07, 6.45) is 2.95. The van der Waals surface area contributed by atoms with Crippen molar-refractivity contribution >= 4 is 11.8 Å². The molecule has 25 heavy (non-hydrogen) atoms. The van der Waals surface area contributed by atoms with E-state index < -0.39 is 11.5 Å². The molecule has 0 aromatic heterocycles. The van der Waals surface area contributed by atoms with Crippen molar-refractivity contribution in [1.82, 2.24) is 4.90 Å². The summed E-state index contributed by atoms with van der Waals surface area (Å²) in [5, 5.41) is 10.2. The van der Waals surface area contributed by atoms with Crippen LogP contribution in [-0.2, 0) is 9.59 Å². The van der Waals surface area contributed by atoms with Gasteiger partial charge >= 0.3 is 0 Å². The van der Waals surface area contributed by atoms with Crippen LogP contribution in [0.25, 0.3) is 0 Å². The number of carbonyl (C=O) groups excluding carboxylic acids is 2. The first-order chi connectivity index (χ1) is 12.0. The minimum atomic E-state index is -0.906. The van der Waals surface area contributed by atoms with Gasteiger partial charge in [0.2, 0.25) is 11.8 Å². The maximum absolute atomic E-state index is 12.6. The minimum absolute atomic E-state index is 0.00353. The van der Waals surface area contributed by atoms with Crippen molar-refractivity contribution in [2.24, 2.45) is 5.41 Å². The number of likely N-dealkylation sites (tertiary alicyclic amines) is 1. The van der Waals surface area contributed by atoms with Gasteiger partial charge in [-0.05, 0) is 44.0 Å². The molecule has 1 aromatic rings. The highest BCUT2D eigenvalue weighted by molar-refractivity contribution is 6.06. The van der Waals surface area contributed by atoms with Crippen molar-refractivity contribution < 1.29 is 24.2 Å². The zero-order chi connectivity index (χ0) is 17.9. The number of benzene rings is 1. The third-order valence-corrected chi connectivity index (χ3v) is 5.02. The molecular weight excluding hydrogens is 322 g/mol. The molecule has 1 spiro atoms. The molecule has 0 unspecified atom stereocenters. The number of imide groups is 1. The van der Waals surface area contributed by atoms with Gasteiger partial charge in [0.05, 0.1) is 18.6 Å². The van der Waals surface area contributed by atoms with Crippen molar-refractivity contribution in [2.75, 3.05) is 19.8 Å². The van der Waals surface area contributed by atoms with Crippen LogP contribution in [-0.4, -0.2) is 47.7 Å². The number of aliphatic hydroxyl groups is 1. The summed E-state index contributed by atoms with van der Waals surface area (Å²) in [7, 11) is 0. The van der Waals surface area contributed by atoms with Gasteiger partial charge in [0.15, 0.2) is 0 Å². The van der Waals surface area contributed by atoms with Gasteiger partial charge in [-0.1, -0.05) is 12.8 Å². The highest BCUT2D eigenvalue weighted by Crippen LogP contribution is 2.46. The van der Waals surface area contributed by atoms with E-state index in [-0.39, 0.29) is 31.4 Å². The summed E-state index contributed by atoms with van der Waals surface area (Å²) in [4.78, 5) is 26.0. The first-order valence-corrected chi connectivity index (χ1v) is 8.92. The molecule has 1 aliphatic heterocycles. The standard InChI is InChI=1S/C19H25NO5/c1-2-24-15-5-7-16(8-6-15)25-13-14(21)12-20-17(22)11-19(18(20)23)9-3-4-10-19/h5-8,14,21H,2-4,9-13H2,1H3/t14-/m1/s1. The Morgan fingerprint density at radius 1 is 1.12 bits per heavy atom. The van der Waals surface area contributed by atoms with E-state index in [0.717, 1.165) is 31.4 Å². The molecule has 1 saturated heterocycles. The van der Waals surface area contributed by atoms with E-state index in [1.807, 2.05) is 6.92 Å². The van der Waals surface area contributed by atoms with Gasteiger partial charge < -0.3 is 14.6 Å². The number of amides is 2. The van der Waals surface area contributed by atoms with Crippen LogP contribution in [0.3, 0.4) is 0 Å². The average molecular weight is 347 g/mol. The number of carbonyl (C=O) groups is 2. The van der Waals surface area contributed by atoms with Gasteiger partial charge in [0.25, 0.3) is 0 Å². The predicted molar refractivity (Wildman–Crippen MR) is 91.4 cm³/mol. The average Bonchev–Trinajstić information content (AvgIpc) is 3.16. The second-order valence-electron chi connectivity index (χ2n) is 6.84. The summed E-state index contributed by atoms with van der Waals surface area (Å²) in [6.45, 7) is 2.53. The summed E-state index contributed by atoms with van der Waals surface area (Å²) < 4.78 is 10.9. The van der Waals surface area contributed by atoms with Gasteiger partial charge in [-0.15, -0.1) is 0 Å². The maximum atomic E-state index is 12.6. The Morgan fingerprint density at radius 3 is 2.32 bits per heavy atom. The molecule has 1 atom stereocenters. The van der Waals surface area contributed by atoms with Crippen molar-refractivity contribution in [1.29, 1.82) is 0 Å². The molecule has 1 heterocycles. The normalized spacial score (nSPS) is 20.3. The second kappa shape index (κ2) is 7.44. The zero-order valence-corrected chi connectivity index (χ0v) is 14.6. The Bertz CT molecular complexity index is 621. The fraction of sp³-hybridized carbons (Fsp3) is 0.579. The Morgan fingerprint density at radius 2 is 1.72 bits per heavy atom. The molecule has 2 fully saturated rings. The lowest BCUT2D eigenvalue weighted by molar-refractivity contribution is -0.143. The van der Waals surface area contributed by atoms with E-state index in [1.165, 1.54) is 4.90 Å². The van der Waals surface area contributed by atoms with E-state index in [2.05, 4.69) is 0 Å². The molecule has 136 valence electrons. The topological polar surface area (TPSA) is 76.1 Å². The van der Waals surface area contributed by atoms with Crippen LogP contribution in [0.15, 0.2) is 24.3 Å². The van der Waals surface area contributed by atoms with E-state index in [0.29, 0.717) is 12.4 Å². The lowest BCUT2D eigenvalue weighted by atomic mass is 9.84. The molecule has 2 amide bonds. The predicted octanol–water partition coefficient (Wildman–Crippen LogP) is 2.14. The third-order valence-electron chi connectivity index (χ3n) is 5.02. The molecule has 0 bridgehead atoms. The fourth-order valence-corrected chi connectivity index (χ4v) is 3.74. The molecule has 1 N–H and O–H groups in total. The minimum Gasteiger partial charge on any atom is -0.494 e. The first kappa shape index (κ1) is 17.7. The monoisotopic (exact) mass is 347 g/mol. The van der Waals surface area contributed by atoms with E-state index in [9.17, 15) is 14.7 Å². The zero-order valence-electron chi connectivity index (χ0n) is 14.6. The molecule has 1 aliphatic carbocycles. The Labute approximate surface area is 147 Å². The molecule has 6 heteroatoms. The molecule has 3 rings (SSSR count). The lowest BCUT2D eigenvalue weighted by Crippen LogP contribution is -2.41. The fourth-order valence-electron chi connectivity index (χ4n) is 3.74. The van der Waals surface area contributed by atoms with Gasteiger partial charge in [-0.25, -0.2) is 0 Å². The van der Waals surface area contributed by atoms with E-state index >= 15 is 0 Å². The lowest BCUT2D eigenvalue weighted by Gasteiger charge is -2.23. The van der Waals surface area contributed by atoms with Crippen molar-refractivity contribution in [3.63, 3.8) is 0 Å². The van der Waals surface area contributed by atoms with Gasteiger partial charge in [0, 0.05) is 6.42 Å². The quantitative estimate of drug-likeness (QED) is 0.765. The number of nitrogens with zero attached hydrogens (tertiary/aromatic N) is 1. The van der Waals surface area contributed by atoms with E-state index in [4.69, 9.17) is 9.47 Å². The summed E-state index contributed by atoms with van der Waals surface area (Å²) in [5.74, 6) is 1.07. The Hall–Kier alpha value is -2.08. The number of β-amino-alcohol motifs (C(OH)–C–C–N with tert-alkyl or cyclic N) is 1. The van der Waals surface area contributed by atoms with Crippen LogP contribution >= 0.6 is 0 Å². The van der Waals surface area contributed by atoms with Gasteiger partial charge in [0.1, 0.15) is 24.2 Å². The van der Waals surface area contributed by atoms with Crippen LogP contribution in [0.1, 0.15) is 39.0 Å². The second-order valence-corrected chi connectivity index (χ2v) is 6.84. The van der Waals surface area contributed by atoms with Crippen LogP contribution in [0.4, 0.5) is 0 Å². The molecular formula is C19H25NO5. The maximum Gasteiger partial charge on any atom is 0.235 e. The largest absolute Gasteiger partial charge is 0.494 e. The van der Waals surface area contributed by atoms with Crippen LogP contribution < -0.4 is 9.47 Å². The SMILES string of the molecule is CCOc1ccc(OC[C@H](O)CN2C(=O)CC3(CCCC3)C2=O)cc1. The molecule has 6 nitrogen and oxygen atoms in total. The smallest absolute Gasteiger partial charge is 0.235 e.